The first kappa shape index (κ1) is 84.9. The number of hydrogen-bond donors (Lipinski definition) is 2. The number of esters is 2. The normalized spacial score (nSPS) is 13.8. The van der Waals surface area contributed by atoms with Gasteiger partial charge in [-0.3, -0.25) is 18.6 Å². The number of phosphoric ester groups is 1. The molecule has 0 radical (unpaired) electrons. The third-order valence-electron chi connectivity index (χ3n) is 15.2. The molecule has 0 saturated heterocycles. The first-order valence-corrected chi connectivity index (χ1v) is 37.8. The molecule has 0 aromatic carbocycles. The van der Waals surface area contributed by atoms with Gasteiger partial charge in [0.15, 0.2) is 6.10 Å². The number of rotatable bonds is 67. The Morgan fingerprint density at radius 3 is 0.865 bits per heavy atom. The van der Waals surface area contributed by atoms with Crippen LogP contribution in [-0.4, -0.2) is 49.3 Å². The van der Waals surface area contributed by atoms with Gasteiger partial charge in [0.05, 0.1) is 13.2 Å². The molecule has 508 valence electrons. The molecule has 0 fully saturated rings. The van der Waals surface area contributed by atoms with Crippen molar-refractivity contribution in [3.05, 3.63) is 146 Å². The Labute approximate surface area is 547 Å². The minimum atomic E-state index is -4.40. The number of unbranched alkanes of at least 4 members (excludes halogenated alkanes) is 30. The molecule has 0 aromatic rings. The highest BCUT2D eigenvalue weighted by molar-refractivity contribution is 7.47. The first-order chi connectivity index (χ1) is 43.8. The maximum absolute atomic E-state index is 12.8. The van der Waals surface area contributed by atoms with Crippen LogP contribution in [0, 0.1) is 0 Å². The van der Waals surface area contributed by atoms with E-state index in [-0.39, 0.29) is 38.6 Å². The molecule has 3 N–H and O–H groups in total. The fraction of sp³-hybridized carbons (Fsp3) is 0.671. The third kappa shape index (κ3) is 72.8. The number of allylic oxidation sites excluding steroid dienone is 24. The monoisotopic (exact) mass is 1260 g/mol. The van der Waals surface area contributed by atoms with Crippen LogP contribution in [0.2, 0.25) is 0 Å². The lowest BCUT2D eigenvalue weighted by Crippen LogP contribution is -2.29. The number of carbonyl (C=O) groups excluding carboxylic acids is 2. The predicted octanol–water partition coefficient (Wildman–Crippen LogP) is 24.2. The molecule has 9 nitrogen and oxygen atoms in total. The summed E-state index contributed by atoms with van der Waals surface area (Å²) in [6, 6.07) is 0. The fourth-order valence-corrected chi connectivity index (χ4v) is 10.7. The van der Waals surface area contributed by atoms with Gasteiger partial charge in [-0.15, -0.1) is 0 Å². The molecule has 0 aliphatic rings. The zero-order valence-electron chi connectivity index (χ0n) is 57.1. The summed E-state index contributed by atoms with van der Waals surface area (Å²) in [6.45, 7) is 3.53. The molecule has 0 heterocycles. The zero-order chi connectivity index (χ0) is 64.4. The molecule has 2 unspecified atom stereocenters. The predicted molar refractivity (Wildman–Crippen MR) is 385 cm³/mol. The van der Waals surface area contributed by atoms with E-state index in [1.807, 2.05) is 0 Å². The van der Waals surface area contributed by atoms with Crippen molar-refractivity contribution in [1.29, 1.82) is 0 Å². The lowest BCUT2D eigenvalue weighted by atomic mass is 10.0. The smallest absolute Gasteiger partial charge is 0.462 e. The van der Waals surface area contributed by atoms with E-state index in [0.717, 1.165) is 122 Å². The second-order valence-electron chi connectivity index (χ2n) is 23.7. The van der Waals surface area contributed by atoms with Crippen LogP contribution < -0.4 is 5.73 Å². The van der Waals surface area contributed by atoms with Crippen molar-refractivity contribution in [2.75, 3.05) is 26.4 Å². The number of carbonyl (C=O) groups is 2. The van der Waals surface area contributed by atoms with Crippen LogP contribution in [0.15, 0.2) is 146 Å². The van der Waals surface area contributed by atoms with Crippen LogP contribution >= 0.6 is 7.82 Å². The zero-order valence-corrected chi connectivity index (χ0v) is 58.0. The molecule has 10 heteroatoms. The van der Waals surface area contributed by atoms with E-state index in [4.69, 9.17) is 24.3 Å². The summed E-state index contributed by atoms with van der Waals surface area (Å²) in [6.07, 6.45) is 105. The molecule has 0 aliphatic heterocycles. The molecule has 2 atom stereocenters. The Bertz CT molecular complexity index is 1970. The number of ether oxygens (including phenoxy) is 2. The lowest BCUT2D eigenvalue weighted by Gasteiger charge is -2.19. The van der Waals surface area contributed by atoms with Crippen molar-refractivity contribution in [3.63, 3.8) is 0 Å². The third-order valence-corrected chi connectivity index (χ3v) is 16.2. The van der Waals surface area contributed by atoms with Gasteiger partial charge in [-0.1, -0.05) is 327 Å². The van der Waals surface area contributed by atoms with Crippen molar-refractivity contribution in [3.8, 4) is 0 Å². The van der Waals surface area contributed by atoms with Gasteiger partial charge in [-0.2, -0.15) is 0 Å². The maximum Gasteiger partial charge on any atom is 0.472 e. The van der Waals surface area contributed by atoms with E-state index in [2.05, 4.69) is 160 Å². The highest BCUT2D eigenvalue weighted by atomic mass is 31.2. The molecule has 0 aliphatic carbocycles. The Kier molecular flexibility index (Phi) is 69.6. The SMILES string of the molecule is CC/C=C\C/C=C\C/C=C\C/C=C\C/C=C\C/C=C\C/C=C\CCCCCCCCCCCCCC(=O)OC(COC(=O)CCCCCCCCCCCCCCCCCCCCC/C=C\C/C=C\C/C=C\C/C=C\C/C=C\CC)COP(=O)(O)OCCN. The molecule has 0 aromatic heterocycles. The number of nitrogens with two attached hydrogens (primary N) is 1. The van der Waals surface area contributed by atoms with Gasteiger partial charge < -0.3 is 20.1 Å². The second-order valence-corrected chi connectivity index (χ2v) is 25.1. The molecule has 0 saturated carbocycles. The van der Waals surface area contributed by atoms with E-state index in [0.29, 0.717) is 6.42 Å². The van der Waals surface area contributed by atoms with Crippen molar-refractivity contribution >= 4 is 19.8 Å². The number of hydrogen-bond acceptors (Lipinski definition) is 8. The Morgan fingerprint density at radius 1 is 0.337 bits per heavy atom. The topological polar surface area (TPSA) is 134 Å². The Balaban J connectivity index is 3.89. The van der Waals surface area contributed by atoms with Crippen LogP contribution in [0.4, 0.5) is 0 Å². The standard InChI is InChI=1S/C79H134NO8P/c1-3-5-7-9-11-13-15-17-19-21-23-25-27-29-31-33-35-37-38-40-41-43-45-47-49-51-53-55-57-59-61-63-65-67-69-71-78(81)85-75-77(76-87-89(83,84)86-74-73-80)88-79(82)72-70-68-66-64-62-60-58-56-54-52-50-48-46-44-42-39-36-34-32-30-28-26-24-22-20-18-16-14-12-10-8-6-4-2/h5-8,11-14,17-20,23-26,29-32,36,39,44,46,77H,3-4,9-10,15-16,21-22,27-28,33-35,37-38,40-43,45,47-76,80H2,1-2H3,(H,83,84)/b7-5-,8-6-,13-11-,14-12-,19-17-,20-18-,25-23-,26-24-,31-29-,32-30-,39-36-,46-44-. The molecule has 0 rings (SSSR count). The number of phosphoric acid groups is 1. The van der Waals surface area contributed by atoms with Crippen LogP contribution in [0.3, 0.4) is 0 Å². The van der Waals surface area contributed by atoms with Crippen molar-refractivity contribution in [1.82, 2.24) is 0 Å². The van der Waals surface area contributed by atoms with E-state index in [1.165, 1.54) is 154 Å². The Morgan fingerprint density at radius 2 is 0.584 bits per heavy atom. The minimum Gasteiger partial charge on any atom is -0.462 e. The summed E-state index contributed by atoms with van der Waals surface area (Å²) in [4.78, 5) is 35.4. The summed E-state index contributed by atoms with van der Waals surface area (Å²) < 4.78 is 33.2. The van der Waals surface area contributed by atoms with Gasteiger partial charge in [0, 0.05) is 19.4 Å². The second kappa shape index (κ2) is 72.9. The van der Waals surface area contributed by atoms with Crippen molar-refractivity contribution in [2.24, 2.45) is 5.73 Å². The van der Waals surface area contributed by atoms with Gasteiger partial charge in [0.25, 0.3) is 0 Å². The highest BCUT2D eigenvalue weighted by Gasteiger charge is 2.26. The van der Waals surface area contributed by atoms with Crippen LogP contribution in [0.25, 0.3) is 0 Å². The summed E-state index contributed by atoms with van der Waals surface area (Å²) in [5, 5.41) is 0. The highest BCUT2D eigenvalue weighted by Crippen LogP contribution is 2.43. The maximum atomic E-state index is 12.8. The van der Waals surface area contributed by atoms with Crippen molar-refractivity contribution < 1.29 is 37.6 Å². The van der Waals surface area contributed by atoms with E-state index in [9.17, 15) is 19.0 Å². The molecule has 89 heavy (non-hydrogen) atoms. The first-order valence-electron chi connectivity index (χ1n) is 36.3. The molecule has 0 bridgehead atoms. The lowest BCUT2D eigenvalue weighted by molar-refractivity contribution is -0.161. The van der Waals surface area contributed by atoms with Gasteiger partial charge in [0.2, 0.25) is 0 Å². The summed E-state index contributed by atoms with van der Waals surface area (Å²) >= 11 is 0. The van der Waals surface area contributed by atoms with Gasteiger partial charge in [-0.05, 0) is 116 Å². The molecule has 0 amide bonds. The molecular weight excluding hydrogens is 1120 g/mol. The van der Waals surface area contributed by atoms with Crippen molar-refractivity contribution in [2.45, 2.75) is 315 Å². The van der Waals surface area contributed by atoms with E-state index in [1.54, 1.807) is 0 Å². The fourth-order valence-electron chi connectivity index (χ4n) is 9.94. The largest absolute Gasteiger partial charge is 0.472 e. The average molecular weight is 1260 g/mol. The van der Waals surface area contributed by atoms with E-state index < -0.39 is 26.5 Å². The summed E-state index contributed by atoms with van der Waals surface area (Å²) in [5.74, 6) is -0.828. The van der Waals surface area contributed by atoms with E-state index >= 15 is 0 Å². The quantitative estimate of drug-likeness (QED) is 0.0264. The minimum absolute atomic E-state index is 0.0481. The Hall–Kier alpha value is -4.11. The average Bonchev–Trinajstić information content (AvgIpc) is 3.58. The summed E-state index contributed by atoms with van der Waals surface area (Å²) in [5.41, 5.74) is 5.41. The van der Waals surface area contributed by atoms with Crippen LogP contribution in [0.5, 0.6) is 0 Å². The summed E-state index contributed by atoms with van der Waals surface area (Å²) in [7, 11) is -4.40. The molecule has 0 spiro atoms. The molecular formula is C79H134NO8P. The van der Waals surface area contributed by atoms with Gasteiger partial charge >= 0.3 is 19.8 Å². The van der Waals surface area contributed by atoms with Crippen LogP contribution in [0.1, 0.15) is 309 Å². The van der Waals surface area contributed by atoms with Gasteiger partial charge in [-0.25, -0.2) is 4.57 Å². The van der Waals surface area contributed by atoms with Gasteiger partial charge in [0.1, 0.15) is 6.61 Å². The van der Waals surface area contributed by atoms with Crippen LogP contribution in [-0.2, 0) is 32.7 Å².